The van der Waals surface area contributed by atoms with Crippen LogP contribution in [0.5, 0.6) is 0 Å². The van der Waals surface area contributed by atoms with Gasteiger partial charge in [-0.05, 0) is 18.1 Å². The second-order valence-corrected chi connectivity index (χ2v) is 2.93. The van der Waals surface area contributed by atoms with Crippen molar-refractivity contribution in [1.29, 1.82) is 0 Å². The van der Waals surface area contributed by atoms with E-state index in [-0.39, 0.29) is 5.97 Å². The minimum Gasteiger partial charge on any atom is -0.466 e. The van der Waals surface area contributed by atoms with Gasteiger partial charge in [0.1, 0.15) is 0 Å². The summed E-state index contributed by atoms with van der Waals surface area (Å²) in [6.07, 6.45) is 2.09. The van der Waals surface area contributed by atoms with Gasteiger partial charge in [0.25, 0.3) is 0 Å². The van der Waals surface area contributed by atoms with Crippen LogP contribution in [0.1, 0.15) is 18.1 Å². The maximum Gasteiger partial charge on any atom is 0.310 e. The quantitative estimate of drug-likeness (QED) is 0.681. The van der Waals surface area contributed by atoms with Crippen molar-refractivity contribution in [2.24, 2.45) is 0 Å². The molecule has 2 nitrogen and oxygen atoms in total. The van der Waals surface area contributed by atoms with Gasteiger partial charge in [0, 0.05) is 0 Å². The Morgan fingerprint density at radius 2 is 2.36 bits per heavy atom. The highest BCUT2D eigenvalue weighted by molar-refractivity contribution is 5.72. The number of ether oxygens (including phenoxy) is 1. The molecule has 0 spiro atoms. The molecule has 14 heavy (non-hydrogen) atoms. The predicted octanol–water partition coefficient (Wildman–Crippen LogP) is 2.44. The molecule has 1 aromatic rings. The number of hydrogen-bond donors (Lipinski definition) is 0. The van der Waals surface area contributed by atoms with Gasteiger partial charge in [0.15, 0.2) is 0 Å². The summed E-state index contributed by atoms with van der Waals surface area (Å²) in [5.74, 6) is -0.186. The summed E-state index contributed by atoms with van der Waals surface area (Å²) >= 11 is 0. The zero-order valence-electron chi connectivity index (χ0n) is 8.32. The monoisotopic (exact) mass is 190 g/mol. The zero-order valence-corrected chi connectivity index (χ0v) is 8.32. The number of carbonyl (C=O) groups is 1. The molecule has 1 rings (SSSR count). The van der Waals surface area contributed by atoms with Crippen molar-refractivity contribution in [1.82, 2.24) is 0 Å². The minimum atomic E-state index is -0.186. The number of rotatable bonds is 4. The molecular weight excluding hydrogens is 176 g/mol. The first-order valence-corrected chi connectivity index (χ1v) is 4.63. The number of benzene rings is 1. The summed E-state index contributed by atoms with van der Waals surface area (Å²) in [6, 6.07) is 7.70. The second kappa shape index (κ2) is 5.22. The van der Waals surface area contributed by atoms with Crippen LogP contribution in [0.3, 0.4) is 0 Å². The van der Waals surface area contributed by atoms with Crippen LogP contribution in [-0.4, -0.2) is 12.6 Å². The smallest absolute Gasteiger partial charge is 0.310 e. The third kappa shape index (κ3) is 3.05. The van der Waals surface area contributed by atoms with Crippen molar-refractivity contribution >= 4 is 12.0 Å². The van der Waals surface area contributed by atoms with Crippen LogP contribution in [0.25, 0.3) is 6.08 Å². The van der Waals surface area contributed by atoms with Crippen LogP contribution < -0.4 is 0 Å². The minimum absolute atomic E-state index is 0.186. The molecule has 0 amide bonds. The highest BCUT2D eigenvalue weighted by Crippen LogP contribution is 2.07. The van der Waals surface area contributed by atoms with Gasteiger partial charge in [0.2, 0.25) is 0 Å². The van der Waals surface area contributed by atoms with Crippen molar-refractivity contribution < 1.29 is 9.53 Å². The van der Waals surface area contributed by atoms with E-state index in [1.54, 1.807) is 13.0 Å². The van der Waals surface area contributed by atoms with Crippen molar-refractivity contribution in [2.45, 2.75) is 13.3 Å². The Morgan fingerprint density at radius 3 is 3.00 bits per heavy atom. The van der Waals surface area contributed by atoms with Crippen LogP contribution >= 0.6 is 0 Å². The summed E-state index contributed by atoms with van der Waals surface area (Å²) in [6.45, 7) is 5.91. The Hall–Kier alpha value is -1.57. The third-order valence-corrected chi connectivity index (χ3v) is 1.84. The highest BCUT2D eigenvalue weighted by atomic mass is 16.5. The lowest BCUT2D eigenvalue weighted by atomic mass is 10.1. The van der Waals surface area contributed by atoms with Gasteiger partial charge in [-0.2, -0.15) is 0 Å². The lowest BCUT2D eigenvalue weighted by Gasteiger charge is -2.02. The fraction of sp³-hybridized carbons (Fsp3) is 0.250. The van der Waals surface area contributed by atoms with Crippen LogP contribution in [0.4, 0.5) is 0 Å². The molecule has 0 saturated heterocycles. The summed E-state index contributed by atoms with van der Waals surface area (Å²) in [7, 11) is 0. The molecule has 0 unspecified atom stereocenters. The lowest BCUT2D eigenvalue weighted by molar-refractivity contribution is -0.142. The van der Waals surface area contributed by atoms with E-state index in [1.807, 2.05) is 24.3 Å². The van der Waals surface area contributed by atoms with Gasteiger partial charge >= 0.3 is 5.97 Å². The van der Waals surface area contributed by atoms with Gasteiger partial charge < -0.3 is 4.74 Å². The molecule has 0 aromatic heterocycles. The molecule has 0 aliphatic heterocycles. The molecular formula is C12H14O2. The molecule has 74 valence electrons. The van der Waals surface area contributed by atoms with Gasteiger partial charge in [-0.25, -0.2) is 0 Å². The average Bonchev–Trinajstić information content (AvgIpc) is 2.18. The van der Waals surface area contributed by atoms with Crippen molar-refractivity contribution in [2.75, 3.05) is 6.61 Å². The third-order valence-electron chi connectivity index (χ3n) is 1.84. The molecule has 0 saturated carbocycles. The summed E-state index contributed by atoms with van der Waals surface area (Å²) in [5.41, 5.74) is 1.98. The molecule has 0 N–H and O–H groups in total. The normalized spacial score (nSPS) is 9.50. The van der Waals surface area contributed by atoms with E-state index in [2.05, 4.69) is 6.58 Å². The van der Waals surface area contributed by atoms with Gasteiger partial charge in [-0.3, -0.25) is 4.79 Å². The number of esters is 1. The SMILES string of the molecule is C=Cc1cccc(CC(=O)OCC)c1. The van der Waals surface area contributed by atoms with E-state index in [1.165, 1.54) is 0 Å². The first-order chi connectivity index (χ1) is 6.76. The first-order valence-electron chi connectivity index (χ1n) is 4.63. The van der Waals surface area contributed by atoms with E-state index < -0.39 is 0 Å². The average molecular weight is 190 g/mol. The summed E-state index contributed by atoms with van der Waals surface area (Å²) in [4.78, 5) is 11.2. The summed E-state index contributed by atoms with van der Waals surface area (Å²) in [5, 5.41) is 0. The van der Waals surface area contributed by atoms with E-state index in [0.717, 1.165) is 11.1 Å². The van der Waals surface area contributed by atoms with Gasteiger partial charge in [0.05, 0.1) is 13.0 Å². The maximum atomic E-state index is 11.2. The number of carbonyl (C=O) groups excluding carboxylic acids is 1. The first kappa shape index (κ1) is 10.5. The van der Waals surface area contributed by atoms with Gasteiger partial charge in [-0.1, -0.05) is 36.9 Å². The molecule has 0 bridgehead atoms. The van der Waals surface area contributed by atoms with Crippen LogP contribution in [0.2, 0.25) is 0 Å². The fourth-order valence-electron chi connectivity index (χ4n) is 1.21. The largest absolute Gasteiger partial charge is 0.466 e. The van der Waals surface area contributed by atoms with Crippen molar-refractivity contribution in [3.63, 3.8) is 0 Å². The van der Waals surface area contributed by atoms with Crippen LogP contribution in [0, 0.1) is 0 Å². The van der Waals surface area contributed by atoms with E-state index in [0.29, 0.717) is 13.0 Å². The Morgan fingerprint density at radius 1 is 1.57 bits per heavy atom. The topological polar surface area (TPSA) is 26.3 Å². The molecule has 0 aliphatic carbocycles. The predicted molar refractivity (Wildman–Crippen MR) is 56.9 cm³/mol. The highest BCUT2D eigenvalue weighted by Gasteiger charge is 2.03. The lowest BCUT2D eigenvalue weighted by Crippen LogP contribution is -2.07. The van der Waals surface area contributed by atoms with Crippen molar-refractivity contribution in [3.8, 4) is 0 Å². The molecule has 0 fully saturated rings. The Kier molecular flexibility index (Phi) is 3.92. The Balaban J connectivity index is 2.66. The van der Waals surface area contributed by atoms with Crippen molar-refractivity contribution in [3.05, 3.63) is 42.0 Å². The van der Waals surface area contributed by atoms with Gasteiger partial charge in [-0.15, -0.1) is 0 Å². The van der Waals surface area contributed by atoms with E-state index in [9.17, 15) is 4.79 Å². The molecule has 0 radical (unpaired) electrons. The molecule has 0 aliphatic rings. The van der Waals surface area contributed by atoms with E-state index >= 15 is 0 Å². The molecule has 0 heterocycles. The standard InChI is InChI=1S/C12H14O2/c1-3-10-6-5-7-11(8-10)9-12(13)14-4-2/h3,5-8H,1,4,9H2,2H3. The zero-order chi connectivity index (χ0) is 10.4. The Labute approximate surface area is 84.2 Å². The molecule has 1 aromatic carbocycles. The van der Waals surface area contributed by atoms with Crippen LogP contribution in [-0.2, 0) is 16.0 Å². The van der Waals surface area contributed by atoms with E-state index in [4.69, 9.17) is 4.74 Å². The molecule has 0 atom stereocenters. The second-order valence-electron chi connectivity index (χ2n) is 2.93. The fourth-order valence-corrected chi connectivity index (χ4v) is 1.21. The van der Waals surface area contributed by atoms with Crippen LogP contribution in [0.15, 0.2) is 30.8 Å². The Bertz CT molecular complexity index is 329. The maximum absolute atomic E-state index is 11.2. The number of hydrogen-bond acceptors (Lipinski definition) is 2. The summed E-state index contributed by atoms with van der Waals surface area (Å²) < 4.78 is 4.85. The molecule has 2 heteroatoms.